The SMILES string of the molecule is Cc1ccc(C(C(C)N)n2cnc3c2CCCC3)s1. The molecule has 2 heterocycles. The number of fused-ring (bicyclic) bond motifs is 1. The molecule has 0 fully saturated rings. The quantitative estimate of drug-likeness (QED) is 0.935. The van der Waals surface area contributed by atoms with Crippen molar-refractivity contribution in [3.63, 3.8) is 0 Å². The normalized spacial score (nSPS) is 18.1. The molecule has 2 aromatic rings. The van der Waals surface area contributed by atoms with Crippen molar-refractivity contribution in [1.29, 1.82) is 0 Å². The number of nitrogens with two attached hydrogens (primary N) is 1. The molecule has 1 aliphatic carbocycles. The van der Waals surface area contributed by atoms with Crippen LogP contribution in [0.25, 0.3) is 0 Å². The van der Waals surface area contributed by atoms with E-state index in [2.05, 4.69) is 35.5 Å². The van der Waals surface area contributed by atoms with Crippen LogP contribution in [-0.4, -0.2) is 15.6 Å². The topological polar surface area (TPSA) is 43.8 Å². The van der Waals surface area contributed by atoms with Gasteiger partial charge in [-0.1, -0.05) is 0 Å². The molecular weight excluding hydrogens is 254 g/mol. The molecule has 4 heteroatoms. The van der Waals surface area contributed by atoms with E-state index in [1.807, 2.05) is 17.7 Å². The molecule has 0 saturated heterocycles. The van der Waals surface area contributed by atoms with E-state index in [0.29, 0.717) is 0 Å². The van der Waals surface area contributed by atoms with E-state index in [9.17, 15) is 0 Å². The predicted octanol–water partition coefficient (Wildman–Crippen LogP) is 3.07. The zero-order valence-corrected chi connectivity index (χ0v) is 12.4. The summed E-state index contributed by atoms with van der Waals surface area (Å²) in [6, 6.07) is 4.72. The molecule has 0 aliphatic heterocycles. The molecule has 3 rings (SSSR count). The zero-order valence-electron chi connectivity index (χ0n) is 11.6. The molecular formula is C15H21N3S. The second kappa shape index (κ2) is 5.10. The van der Waals surface area contributed by atoms with Crippen molar-refractivity contribution in [3.8, 4) is 0 Å². The third kappa shape index (κ3) is 2.35. The average Bonchev–Trinajstić information content (AvgIpc) is 2.98. The molecule has 1 aliphatic rings. The Hall–Kier alpha value is -1.13. The molecule has 0 aromatic carbocycles. The lowest BCUT2D eigenvalue weighted by Gasteiger charge is -2.25. The first-order valence-electron chi connectivity index (χ1n) is 7.03. The predicted molar refractivity (Wildman–Crippen MR) is 79.7 cm³/mol. The average molecular weight is 275 g/mol. The van der Waals surface area contributed by atoms with Crippen LogP contribution in [0.3, 0.4) is 0 Å². The number of hydrogen-bond acceptors (Lipinski definition) is 3. The Morgan fingerprint density at radius 3 is 2.79 bits per heavy atom. The van der Waals surface area contributed by atoms with Crippen LogP contribution in [-0.2, 0) is 12.8 Å². The minimum atomic E-state index is 0.0956. The Labute approximate surface area is 118 Å². The monoisotopic (exact) mass is 275 g/mol. The molecule has 0 spiro atoms. The minimum Gasteiger partial charge on any atom is -0.326 e. The maximum Gasteiger partial charge on any atom is 0.0958 e. The number of nitrogens with zero attached hydrogens (tertiary/aromatic N) is 2. The summed E-state index contributed by atoms with van der Waals surface area (Å²) in [7, 11) is 0. The van der Waals surface area contributed by atoms with Gasteiger partial charge in [-0.05, 0) is 51.7 Å². The van der Waals surface area contributed by atoms with Crippen LogP contribution in [0.4, 0.5) is 0 Å². The van der Waals surface area contributed by atoms with Gasteiger partial charge in [0.15, 0.2) is 0 Å². The van der Waals surface area contributed by atoms with Gasteiger partial charge in [-0.3, -0.25) is 0 Å². The third-order valence-corrected chi connectivity index (χ3v) is 4.98. The van der Waals surface area contributed by atoms with E-state index in [-0.39, 0.29) is 12.1 Å². The number of imidazole rings is 1. The van der Waals surface area contributed by atoms with E-state index in [0.717, 1.165) is 12.8 Å². The van der Waals surface area contributed by atoms with Crippen LogP contribution in [0.5, 0.6) is 0 Å². The first kappa shape index (κ1) is 12.9. The highest BCUT2D eigenvalue weighted by Gasteiger charge is 2.25. The van der Waals surface area contributed by atoms with Crippen LogP contribution in [0, 0.1) is 6.92 Å². The Morgan fingerprint density at radius 2 is 2.11 bits per heavy atom. The summed E-state index contributed by atoms with van der Waals surface area (Å²) < 4.78 is 2.32. The highest BCUT2D eigenvalue weighted by molar-refractivity contribution is 7.12. The van der Waals surface area contributed by atoms with Gasteiger partial charge in [-0.25, -0.2) is 4.98 Å². The van der Waals surface area contributed by atoms with Crippen LogP contribution in [0.2, 0.25) is 0 Å². The highest BCUT2D eigenvalue weighted by Crippen LogP contribution is 2.31. The molecule has 0 bridgehead atoms. The largest absolute Gasteiger partial charge is 0.326 e. The van der Waals surface area contributed by atoms with E-state index >= 15 is 0 Å². The van der Waals surface area contributed by atoms with Gasteiger partial charge < -0.3 is 10.3 Å². The van der Waals surface area contributed by atoms with Gasteiger partial charge in [0.2, 0.25) is 0 Å². The highest BCUT2D eigenvalue weighted by atomic mass is 32.1. The van der Waals surface area contributed by atoms with E-state index in [4.69, 9.17) is 5.73 Å². The molecule has 0 saturated carbocycles. The van der Waals surface area contributed by atoms with E-state index in [1.165, 1.54) is 34.0 Å². The second-order valence-corrected chi connectivity index (χ2v) is 6.82. The smallest absolute Gasteiger partial charge is 0.0958 e. The molecule has 19 heavy (non-hydrogen) atoms. The van der Waals surface area contributed by atoms with Gasteiger partial charge >= 0.3 is 0 Å². The lowest BCUT2D eigenvalue weighted by molar-refractivity contribution is 0.479. The van der Waals surface area contributed by atoms with Crippen molar-refractivity contribution in [3.05, 3.63) is 39.6 Å². The van der Waals surface area contributed by atoms with Gasteiger partial charge in [-0.15, -0.1) is 11.3 Å². The Morgan fingerprint density at radius 1 is 1.32 bits per heavy atom. The molecule has 2 unspecified atom stereocenters. The first-order valence-corrected chi connectivity index (χ1v) is 7.85. The van der Waals surface area contributed by atoms with Gasteiger partial charge in [0.25, 0.3) is 0 Å². The summed E-state index contributed by atoms with van der Waals surface area (Å²) in [4.78, 5) is 7.29. The minimum absolute atomic E-state index is 0.0956. The summed E-state index contributed by atoms with van der Waals surface area (Å²) in [6.07, 6.45) is 6.80. The maximum atomic E-state index is 6.26. The maximum absolute atomic E-state index is 6.26. The Bertz CT molecular complexity index is 568. The van der Waals surface area contributed by atoms with Crippen molar-refractivity contribution < 1.29 is 0 Å². The number of rotatable bonds is 3. The van der Waals surface area contributed by atoms with Crippen LogP contribution < -0.4 is 5.73 Å². The Kier molecular flexibility index (Phi) is 3.46. The molecule has 102 valence electrons. The molecule has 2 N–H and O–H groups in total. The van der Waals surface area contributed by atoms with E-state index < -0.39 is 0 Å². The lowest BCUT2D eigenvalue weighted by Crippen LogP contribution is -2.30. The van der Waals surface area contributed by atoms with Crippen LogP contribution >= 0.6 is 11.3 Å². The third-order valence-electron chi connectivity index (χ3n) is 3.91. The number of thiophene rings is 1. The molecule has 2 aromatic heterocycles. The van der Waals surface area contributed by atoms with Gasteiger partial charge in [-0.2, -0.15) is 0 Å². The standard InChI is InChI=1S/C15H21N3S/c1-10-7-8-14(19-10)15(11(2)16)18-9-17-12-5-3-4-6-13(12)18/h7-9,11,15H,3-6,16H2,1-2H3. The summed E-state index contributed by atoms with van der Waals surface area (Å²) >= 11 is 1.84. The first-order chi connectivity index (χ1) is 9.16. The van der Waals surface area contributed by atoms with Crippen molar-refractivity contribution >= 4 is 11.3 Å². The van der Waals surface area contributed by atoms with E-state index in [1.54, 1.807) is 0 Å². The van der Waals surface area contributed by atoms with Crippen LogP contribution in [0.15, 0.2) is 18.5 Å². The van der Waals surface area contributed by atoms with Crippen molar-refractivity contribution in [2.24, 2.45) is 5.73 Å². The zero-order chi connectivity index (χ0) is 13.4. The number of hydrogen-bond donors (Lipinski definition) is 1. The molecule has 0 radical (unpaired) electrons. The fourth-order valence-corrected chi connectivity index (χ4v) is 4.09. The van der Waals surface area contributed by atoms with Gasteiger partial charge in [0.1, 0.15) is 0 Å². The van der Waals surface area contributed by atoms with Crippen molar-refractivity contribution in [2.45, 2.75) is 51.6 Å². The summed E-state index contributed by atoms with van der Waals surface area (Å²) in [6.45, 7) is 4.24. The molecule has 2 atom stereocenters. The van der Waals surface area contributed by atoms with Crippen molar-refractivity contribution in [1.82, 2.24) is 9.55 Å². The summed E-state index contributed by atoms with van der Waals surface area (Å²) in [5.74, 6) is 0. The van der Waals surface area contributed by atoms with Gasteiger partial charge in [0, 0.05) is 21.5 Å². The lowest BCUT2D eigenvalue weighted by atomic mass is 10.00. The van der Waals surface area contributed by atoms with Crippen LogP contribution in [0.1, 0.15) is 46.9 Å². The molecule has 3 nitrogen and oxygen atoms in total. The fraction of sp³-hybridized carbons (Fsp3) is 0.533. The fourth-order valence-electron chi connectivity index (χ4n) is 2.99. The number of aromatic nitrogens is 2. The summed E-state index contributed by atoms with van der Waals surface area (Å²) in [5.41, 5.74) is 8.95. The molecule has 0 amide bonds. The van der Waals surface area contributed by atoms with Crippen molar-refractivity contribution in [2.75, 3.05) is 0 Å². The Balaban J connectivity index is 2.03. The van der Waals surface area contributed by atoms with Gasteiger partial charge in [0.05, 0.1) is 18.1 Å². The number of aryl methyl sites for hydroxylation is 2. The second-order valence-electron chi connectivity index (χ2n) is 5.50. The summed E-state index contributed by atoms with van der Waals surface area (Å²) in [5, 5.41) is 0.